The highest BCUT2D eigenvalue weighted by Crippen LogP contribution is 2.28. The molecule has 0 saturated carbocycles. The van der Waals surface area contributed by atoms with Crippen molar-refractivity contribution in [3.05, 3.63) is 76.2 Å². The molecule has 7 nitrogen and oxygen atoms in total. The van der Waals surface area contributed by atoms with Crippen LogP contribution < -0.4 is 20.3 Å². The molecule has 0 fully saturated rings. The van der Waals surface area contributed by atoms with Crippen molar-refractivity contribution in [3.8, 4) is 17.2 Å². The number of carbonyl (C=O) groups is 1. The number of rotatable bonds is 9. The van der Waals surface area contributed by atoms with E-state index >= 15 is 0 Å². The zero-order chi connectivity index (χ0) is 23.1. The van der Waals surface area contributed by atoms with Crippen molar-refractivity contribution >= 4 is 17.7 Å². The Morgan fingerprint density at radius 2 is 1.88 bits per heavy atom. The number of hydrogen-bond acceptors (Lipinski definition) is 4. The Morgan fingerprint density at radius 1 is 1.12 bits per heavy atom. The average molecular weight is 436 g/mol. The molecular formula is C25H29N3O4. The summed E-state index contributed by atoms with van der Waals surface area (Å²) >= 11 is 0. The van der Waals surface area contributed by atoms with E-state index < -0.39 is 5.91 Å². The van der Waals surface area contributed by atoms with E-state index in [9.17, 15) is 9.59 Å². The maximum atomic E-state index is 12.9. The molecule has 0 aliphatic rings. The van der Waals surface area contributed by atoms with Crippen molar-refractivity contribution in [2.75, 3.05) is 19.0 Å². The number of carbonyl (C=O) groups excluding carboxylic acids is 1. The summed E-state index contributed by atoms with van der Waals surface area (Å²) in [5, 5.41) is 2.72. The van der Waals surface area contributed by atoms with Crippen molar-refractivity contribution in [3.63, 3.8) is 0 Å². The van der Waals surface area contributed by atoms with Crippen molar-refractivity contribution in [2.45, 2.75) is 26.7 Å². The third kappa shape index (κ3) is 5.11. The fourth-order valence-corrected chi connectivity index (χ4v) is 3.28. The van der Waals surface area contributed by atoms with Gasteiger partial charge in [0.05, 0.1) is 25.1 Å². The highest BCUT2D eigenvalue weighted by molar-refractivity contribution is 6.02. The molecule has 0 aliphatic heterocycles. The molecule has 1 aromatic heterocycles. The van der Waals surface area contributed by atoms with Gasteiger partial charge >= 0.3 is 0 Å². The van der Waals surface area contributed by atoms with Crippen LogP contribution in [0.5, 0.6) is 11.5 Å². The number of anilines is 1. The third-order valence-electron chi connectivity index (χ3n) is 5.17. The number of hydrogen-bond donors (Lipinski definition) is 1. The van der Waals surface area contributed by atoms with Crippen LogP contribution in [-0.2, 0) is 11.8 Å². The number of nitrogens with one attached hydrogen (secondary N) is 1. The van der Waals surface area contributed by atoms with Crippen molar-refractivity contribution in [1.29, 1.82) is 0 Å². The van der Waals surface area contributed by atoms with Gasteiger partial charge in [0.2, 0.25) is 5.91 Å². The van der Waals surface area contributed by atoms with Crippen LogP contribution >= 0.6 is 0 Å². The summed E-state index contributed by atoms with van der Waals surface area (Å²) in [6, 6.07) is 14.8. The minimum Gasteiger partial charge on any atom is -0.493 e. The molecule has 7 heteroatoms. The quantitative estimate of drug-likeness (QED) is 0.401. The Bertz CT molecular complexity index is 1160. The highest BCUT2D eigenvalue weighted by Gasteiger charge is 2.17. The van der Waals surface area contributed by atoms with Gasteiger partial charge in [-0.2, -0.15) is 0 Å². The largest absolute Gasteiger partial charge is 0.493 e. The Kier molecular flexibility index (Phi) is 7.54. The number of benzene rings is 2. The molecule has 3 aromatic rings. The van der Waals surface area contributed by atoms with E-state index in [4.69, 9.17) is 9.47 Å². The molecule has 0 aliphatic carbocycles. The van der Waals surface area contributed by atoms with Crippen LogP contribution in [0.2, 0.25) is 0 Å². The summed E-state index contributed by atoms with van der Waals surface area (Å²) in [7, 11) is 3.36. The van der Waals surface area contributed by atoms with Gasteiger partial charge in [0.15, 0.2) is 11.5 Å². The number of aromatic nitrogens is 2. The SMILES string of the molecule is CCCCOc1ccc(C=CC(=O)Nc2c(C)n(C)n(-c3ccccc3)c2=O)cc1OC. The topological polar surface area (TPSA) is 74.5 Å². The lowest BCUT2D eigenvalue weighted by Gasteiger charge is -2.10. The molecule has 0 saturated heterocycles. The molecule has 1 heterocycles. The summed E-state index contributed by atoms with van der Waals surface area (Å²) in [5.74, 6) is 0.885. The molecule has 0 bridgehead atoms. The van der Waals surface area contributed by atoms with Crippen molar-refractivity contribution in [2.24, 2.45) is 7.05 Å². The first-order valence-corrected chi connectivity index (χ1v) is 10.6. The van der Waals surface area contributed by atoms with Crippen LogP contribution in [0.25, 0.3) is 11.8 Å². The van der Waals surface area contributed by atoms with E-state index in [0.717, 1.165) is 24.1 Å². The summed E-state index contributed by atoms with van der Waals surface area (Å²) in [6.45, 7) is 4.52. The number of methoxy groups -OCH3 is 1. The molecular weight excluding hydrogens is 406 g/mol. The van der Waals surface area contributed by atoms with Gasteiger partial charge in [0, 0.05) is 13.1 Å². The molecule has 32 heavy (non-hydrogen) atoms. The maximum Gasteiger partial charge on any atom is 0.295 e. The van der Waals surface area contributed by atoms with E-state index in [1.165, 1.54) is 10.8 Å². The summed E-state index contributed by atoms with van der Waals surface area (Å²) < 4.78 is 14.4. The molecule has 3 rings (SSSR count). The maximum absolute atomic E-state index is 12.9. The summed E-state index contributed by atoms with van der Waals surface area (Å²) in [4.78, 5) is 25.5. The standard InChI is InChI=1S/C25H29N3O4/c1-5-6-16-32-21-14-12-19(17-22(21)31-4)13-15-23(29)26-24-18(2)27(3)28(25(24)30)20-10-8-7-9-11-20/h7-15,17H,5-6,16H2,1-4H3,(H,26,29). The van der Waals surface area contributed by atoms with E-state index in [1.54, 1.807) is 37.9 Å². The van der Waals surface area contributed by atoms with E-state index in [2.05, 4.69) is 12.2 Å². The molecule has 168 valence electrons. The number of unbranched alkanes of at least 4 members (excludes halogenated alkanes) is 1. The van der Waals surface area contributed by atoms with Gasteiger partial charge < -0.3 is 14.8 Å². The summed E-state index contributed by atoms with van der Waals surface area (Å²) in [5.41, 5.74) is 2.14. The number of para-hydroxylation sites is 1. The lowest BCUT2D eigenvalue weighted by atomic mass is 10.2. The van der Waals surface area contributed by atoms with Gasteiger partial charge in [-0.1, -0.05) is 37.6 Å². The predicted molar refractivity (Wildman–Crippen MR) is 127 cm³/mol. The number of amides is 1. The van der Waals surface area contributed by atoms with Gasteiger partial charge in [-0.25, -0.2) is 4.68 Å². The first kappa shape index (κ1) is 22.9. The zero-order valence-electron chi connectivity index (χ0n) is 18.9. The van der Waals surface area contributed by atoms with E-state index in [1.807, 2.05) is 42.5 Å². The predicted octanol–water partition coefficient (Wildman–Crippen LogP) is 4.32. The smallest absolute Gasteiger partial charge is 0.295 e. The van der Waals surface area contributed by atoms with Gasteiger partial charge in [0.1, 0.15) is 5.69 Å². The second-order valence-corrected chi connectivity index (χ2v) is 7.37. The highest BCUT2D eigenvalue weighted by atomic mass is 16.5. The molecule has 0 unspecified atom stereocenters. The van der Waals surface area contributed by atoms with E-state index in [-0.39, 0.29) is 11.2 Å². The second-order valence-electron chi connectivity index (χ2n) is 7.37. The number of ether oxygens (including phenoxy) is 2. The molecule has 1 N–H and O–H groups in total. The minimum absolute atomic E-state index is 0.253. The molecule has 0 spiro atoms. The Labute approximate surface area is 187 Å². The van der Waals surface area contributed by atoms with Crippen LogP contribution in [-0.4, -0.2) is 29.0 Å². The molecule has 1 amide bonds. The lowest BCUT2D eigenvalue weighted by molar-refractivity contribution is -0.111. The first-order valence-electron chi connectivity index (χ1n) is 10.6. The third-order valence-corrected chi connectivity index (χ3v) is 5.17. The normalized spacial score (nSPS) is 11.0. The minimum atomic E-state index is -0.391. The van der Waals surface area contributed by atoms with Gasteiger partial charge in [-0.15, -0.1) is 0 Å². The molecule has 0 radical (unpaired) electrons. The Balaban J connectivity index is 1.76. The van der Waals surface area contributed by atoms with Crippen LogP contribution in [0, 0.1) is 6.92 Å². The molecule has 0 atom stereocenters. The zero-order valence-corrected chi connectivity index (χ0v) is 18.9. The average Bonchev–Trinajstić information content (AvgIpc) is 3.02. The van der Waals surface area contributed by atoms with Crippen LogP contribution in [0.3, 0.4) is 0 Å². The van der Waals surface area contributed by atoms with Gasteiger partial charge in [-0.3, -0.25) is 14.3 Å². The second kappa shape index (κ2) is 10.5. The molecule has 2 aromatic carbocycles. The van der Waals surface area contributed by atoms with Crippen LogP contribution in [0.4, 0.5) is 5.69 Å². The van der Waals surface area contributed by atoms with Crippen molar-refractivity contribution in [1.82, 2.24) is 9.36 Å². The Hall–Kier alpha value is -3.74. The lowest BCUT2D eigenvalue weighted by Crippen LogP contribution is -2.22. The van der Waals surface area contributed by atoms with Crippen LogP contribution in [0.1, 0.15) is 31.0 Å². The number of nitrogens with zero attached hydrogens (tertiary/aromatic N) is 2. The monoisotopic (exact) mass is 435 g/mol. The summed E-state index contributed by atoms with van der Waals surface area (Å²) in [6.07, 6.45) is 5.08. The first-order chi connectivity index (χ1) is 15.5. The van der Waals surface area contributed by atoms with Crippen molar-refractivity contribution < 1.29 is 14.3 Å². The van der Waals surface area contributed by atoms with Gasteiger partial charge in [-0.05, 0) is 49.2 Å². The Morgan fingerprint density at radius 3 is 2.56 bits per heavy atom. The van der Waals surface area contributed by atoms with Crippen LogP contribution in [0.15, 0.2) is 59.4 Å². The fourth-order valence-electron chi connectivity index (χ4n) is 3.28. The van der Waals surface area contributed by atoms with Gasteiger partial charge in [0.25, 0.3) is 5.56 Å². The fraction of sp³-hybridized carbons (Fsp3) is 0.280. The van der Waals surface area contributed by atoms with E-state index in [0.29, 0.717) is 23.8 Å².